The van der Waals surface area contributed by atoms with Gasteiger partial charge >= 0.3 is 0 Å². The van der Waals surface area contributed by atoms with Gasteiger partial charge in [-0.3, -0.25) is 4.90 Å². The summed E-state index contributed by atoms with van der Waals surface area (Å²) in [5.41, 5.74) is 6.50. The summed E-state index contributed by atoms with van der Waals surface area (Å²) in [6.07, 6.45) is 1.16. The molecule has 0 saturated carbocycles. The van der Waals surface area contributed by atoms with Gasteiger partial charge in [0.15, 0.2) is 0 Å². The van der Waals surface area contributed by atoms with Gasteiger partial charge in [-0.15, -0.1) is 0 Å². The van der Waals surface area contributed by atoms with Gasteiger partial charge in [-0.2, -0.15) is 0 Å². The molecule has 2 rings (SSSR count). The highest BCUT2D eigenvalue weighted by atomic mass is 35.5. The van der Waals surface area contributed by atoms with E-state index in [1.54, 1.807) is 12.1 Å². The van der Waals surface area contributed by atoms with Gasteiger partial charge in [0.2, 0.25) is 0 Å². The lowest BCUT2D eigenvalue weighted by Gasteiger charge is -2.28. The van der Waals surface area contributed by atoms with E-state index >= 15 is 0 Å². The van der Waals surface area contributed by atoms with Gasteiger partial charge in [0, 0.05) is 29.7 Å². The van der Waals surface area contributed by atoms with Crippen molar-refractivity contribution in [1.82, 2.24) is 4.90 Å². The number of hydrogen-bond donors (Lipinski definition) is 1. The van der Waals surface area contributed by atoms with Crippen molar-refractivity contribution in [2.75, 3.05) is 19.6 Å². The summed E-state index contributed by atoms with van der Waals surface area (Å²) >= 11 is 5.98. The third kappa shape index (κ3) is 3.28. The minimum Gasteiger partial charge on any atom is -0.329 e. The Morgan fingerprint density at radius 2 is 2.21 bits per heavy atom. The number of nitrogens with zero attached hydrogens (tertiary/aromatic N) is 1. The molecule has 1 saturated heterocycles. The first-order valence-electron chi connectivity index (χ1n) is 6.92. The van der Waals surface area contributed by atoms with Crippen molar-refractivity contribution in [2.45, 2.75) is 26.3 Å². The molecule has 1 aromatic rings. The number of likely N-dealkylation sites (tertiary alicyclic amines) is 1. The summed E-state index contributed by atoms with van der Waals surface area (Å²) in [6, 6.07) is 4.64. The Bertz CT molecular complexity index is 436. The van der Waals surface area contributed by atoms with Crippen LogP contribution in [0.4, 0.5) is 4.39 Å². The van der Waals surface area contributed by atoms with E-state index in [0.717, 1.165) is 19.5 Å². The molecule has 1 aromatic carbocycles. The zero-order chi connectivity index (χ0) is 14.0. The molecule has 0 radical (unpaired) electrons. The minimum absolute atomic E-state index is 0.0672. The van der Waals surface area contributed by atoms with E-state index in [9.17, 15) is 4.39 Å². The number of rotatable bonds is 4. The molecule has 0 aromatic heterocycles. The van der Waals surface area contributed by atoms with Crippen LogP contribution in [-0.2, 0) is 0 Å². The third-order valence-corrected chi connectivity index (χ3v) is 4.42. The SMILES string of the molecule is CC(C)C1CCN(C(CN)c2cc(Cl)ccc2F)C1. The van der Waals surface area contributed by atoms with Gasteiger partial charge < -0.3 is 5.73 Å². The predicted octanol–water partition coefficient (Wildman–Crippen LogP) is 3.46. The van der Waals surface area contributed by atoms with Crippen molar-refractivity contribution >= 4 is 11.6 Å². The standard InChI is InChI=1S/C15H22ClFN2/c1-10(2)11-5-6-19(9-11)15(8-18)13-7-12(16)3-4-14(13)17/h3-4,7,10-11,15H,5-6,8-9,18H2,1-2H3. The van der Waals surface area contributed by atoms with E-state index in [0.29, 0.717) is 29.0 Å². The summed E-state index contributed by atoms with van der Waals surface area (Å²) in [6.45, 7) is 6.88. The van der Waals surface area contributed by atoms with Crippen molar-refractivity contribution in [3.8, 4) is 0 Å². The third-order valence-electron chi connectivity index (χ3n) is 4.18. The fourth-order valence-electron chi connectivity index (χ4n) is 2.89. The molecule has 1 heterocycles. The van der Waals surface area contributed by atoms with Gasteiger partial charge in [0.05, 0.1) is 0 Å². The summed E-state index contributed by atoms with van der Waals surface area (Å²) in [7, 11) is 0. The van der Waals surface area contributed by atoms with E-state index in [4.69, 9.17) is 17.3 Å². The van der Waals surface area contributed by atoms with Crippen LogP contribution in [0.5, 0.6) is 0 Å². The molecule has 1 fully saturated rings. The second-order valence-electron chi connectivity index (χ2n) is 5.71. The van der Waals surface area contributed by atoms with Gasteiger partial charge in [0.25, 0.3) is 0 Å². The first kappa shape index (κ1) is 14.8. The molecule has 2 unspecified atom stereocenters. The normalized spacial score (nSPS) is 22.1. The maximum absolute atomic E-state index is 14.0. The second-order valence-corrected chi connectivity index (χ2v) is 6.14. The highest BCUT2D eigenvalue weighted by Gasteiger charge is 2.31. The Hall–Kier alpha value is -0.640. The van der Waals surface area contributed by atoms with E-state index in [1.165, 1.54) is 6.07 Å². The minimum atomic E-state index is -0.215. The van der Waals surface area contributed by atoms with Gasteiger partial charge in [-0.1, -0.05) is 25.4 Å². The van der Waals surface area contributed by atoms with Gasteiger partial charge in [0.1, 0.15) is 5.82 Å². The predicted molar refractivity (Wildman–Crippen MR) is 77.7 cm³/mol. The largest absolute Gasteiger partial charge is 0.329 e. The Morgan fingerprint density at radius 1 is 1.47 bits per heavy atom. The molecule has 2 nitrogen and oxygen atoms in total. The van der Waals surface area contributed by atoms with Gasteiger partial charge in [-0.05, 0) is 43.0 Å². The molecule has 2 atom stereocenters. The van der Waals surface area contributed by atoms with Crippen LogP contribution in [0.15, 0.2) is 18.2 Å². The van der Waals surface area contributed by atoms with Crippen LogP contribution < -0.4 is 5.73 Å². The quantitative estimate of drug-likeness (QED) is 0.917. The molecular weight excluding hydrogens is 263 g/mol. The van der Waals surface area contributed by atoms with Crippen LogP contribution in [0.1, 0.15) is 31.9 Å². The molecule has 0 spiro atoms. The maximum Gasteiger partial charge on any atom is 0.128 e. The van der Waals surface area contributed by atoms with E-state index in [1.807, 2.05) is 0 Å². The van der Waals surface area contributed by atoms with E-state index in [-0.39, 0.29) is 11.9 Å². The number of nitrogens with two attached hydrogens (primary N) is 1. The molecular formula is C15H22ClFN2. The van der Waals surface area contributed by atoms with E-state index in [2.05, 4.69) is 18.7 Å². The van der Waals surface area contributed by atoms with Crippen molar-refractivity contribution in [1.29, 1.82) is 0 Å². The van der Waals surface area contributed by atoms with E-state index < -0.39 is 0 Å². The first-order valence-corrected chi connectivity index (χ1v) is 7.29. The summed E-state index contributed by atoms with van der Waals surface area (Å²) in [4.78, 5) is 2.29. The van der Waals surface area contributed by atoms with Crippen LogP contribution in [-0.4, -0.2) is 24.5 Å². The van der Waals surface area contributed by atoms with Crippen LogP contribution in [0.3, 0.4) is 0 Å². The van der Waals surface area contributed by atoms with Crippen LogP contribution in [0.25, 0.3) is 0 Å². The lowest BCUT2D eigenvalue weighted by Crippen LogP contribution is -2.33. The number of hydrogen-bond acceptors (Lipinski definition) is 2. The second kappa shape index (κ2) is 6.21. The van der Waals surface area contributed by atoms with Crippen molar-refractivity contribution < 1.29 is 4.39 Å². The molecule has 0 aliphatic carbocycles. The molecule has 1 aliphatic rings. The maximum atomic E-state index is 14.0. The molecule has 106 valence electrons. The van der Waals surface area contributed by atoms with Crippen LogP contribution in [0.2, 0.25) is 5.02 Å². The van der Waals surface area contributed by atoms with Crippen molar-refractivity contribution in [2.24, 2.45) is 17.6 Å². The topological polar surface area (TPSA) is 29.3 Å². The summed E-state index contributed by atoms with van der Waals surface area (Å²) in [5.74, 6) is 1.12. The molecule has 4 heteroatoms. The number of halogens is 2. The Morgan fingerprint density at radius 3 is 2.79 bits per heavy atom. The lowest BCUT2D eigenvalue weighted by molar-refractivity contribution is 0.227. The first-order chi connectivity index (χ1) is 9.02. The van der Waals surface area contributed by atoms with Crippen LogP contribution >= 0.6 is 11.6 Å². The zero-order valence-corrected chi connectivity index (χ0v) is 12.3. The highest BCUT2D eigenvalue weighted by molar-refractivity contribution is 6.30. The van der Waals surface area contributed by atoms with Crippen molar-refractivity contribution in [3.05, 3.63) is 34.6 Å². The molecule has 0 amide bonds. The summed E-state index contributed by atoms with van der Waals surface area (Å²) < 4.78 is 14.0. The average molecular weight is 285 g/mol. The van der Waals surface area contributed by atoms with Crippen LogP contribution in [0, 0.1) is 17.7 Å². The Kier molecular flexibility index (Phi) is 4.82. The molecule has 19 heavy (non-hydrogen) atoms. The molecule has 0 bridgehead atoms. The lowest BCUT2D eigenvalue weighted by atomic mass is 9.95. The zero-order valence-electron chi connectivity index (χ0n) is 11.6. The summed E-state index contributed by atoms with van der Waals surface area (Å²) in [5, 5.41) is 0.564. The Labute approximate surface area is 119 Å². The number of benzene rings is 1. The van der Waals surface area contributed by atoms with Gasteiger partial charge in [-0.25, -0.2) is 4.39 Å². The Balaban J connectivity index is 2.19. The smallest absolute Gasteiger partial charge is 0.128 e. The average Bonchev–Trinajstić information content (AvgIpc) is 2.84. The highest BCUT2D eigenvalue weighted by Crippen LogP contribution is 2.32. The molecule has 1 aliphatic heterocycles. The fourth-order valence-corrected chi connectivity index (χ4v) is 3.07. The fraction of sp³-hybridized carbons (Fsp3) is 0.600. The van der Waals surface area contributed by atoms with Crippen molar-refractivity contribution in [3.63, 3.8) is 0 Å². The molecule has 2 N–H and O–H groups in total. The monoisotopic (exact) mass is 284 g/mol.